The second kappa shape index (κ2) is 9.26. The maximum absolute atomic E-state index is 12.3. The molecule has 1 heterocycles. The molecule has 1 aliphatic rings. The van der Waals surface area contributed by atoms with E-state index in [-0.39, 0.29) is 12.1 Å². The van der Waals surface area contributed by atoms with Crippen LogP contribution < -0.4 is 10.6 Å². The van der Waals surface area contributed by atoms with Crippen molar-refractivity contribution in [3.63, 3.8) is 0 Å². The Bertz CT molecular complexity index is 459. The van der Waals surface area contributed by atoms with Crippen LogP contribution in [0, 0.1) is 0 Å². The van der Waals surface area contributed by atoms with Gasteiger partial charge in [0.25, 0.3) is 0 Å². The highest BCUT2D eigenvalue weighted by Gasteiger charge is 2.31. The van der Waals surface area contributed by atoms with Gasteiger partial charge >= 0.3 is 6.18 Å². The fourth-order valence-electron chi connectivity index (χ4n) is 2.78. The van der Waals surface area contributed by atoms with Crippen molar-refractivity contribution in [3.8, 4) is 0 Å². The number of nitrogens with zero attached hydrogens (tertiary/aromatic N) is 3. The van der Waals surface area contributed by atoms with Gasteiger partial charge in [0.15, 0.2) is 5.96 Å². The number of nitrogens with one attached hydrogen (secondary N) is 2. The van der Waals surface area contributed by atoms with Crippen molar-refractivity contribution in [2.24, 2.45) is 4.99 Å². The fourth-order valence-corrected chi connectivity index (χ4v) is 2.78. The van der Waals surface area contributed by atoms with Crippen LogP contribution >= 0.6 is 0 Å². The predicted octanol–water partition coefficient (Wildman–Crippen LogP) is 1.44. The van der Waals surface area contributed by atoms with Crippen molar-refractivity contribution in [3.05, 3.63) is 0 Å². The molecule has 2 N–H and O–H groups in total. The van der Waals surface area contributed by atoms with Crippen molar-refractivity contribution in [2.75, 3.05) is 46.8 Å². The van der Waals surface area contributed by atoms with Gasteiger partial charge in [-0.2, -0.15) is 13.2 Å². The number of alkyl halides is 3. The van der Waals surface area contributed by atoms with Gasteiger partial charge in [0.05, 0.1) is 6.54 Å². The first-order valence-corrected chi connectivity index (χ1v) is 8.55. The number of piperidine rings is 1. The number of hydrogen-bond donors (Lipinski definition) is 2. The van der Waals surface area contributed by atoms with Crippen LogP contribution in [0.1, 0.15) is 33.1 Å². The molecule has 0 unspecified atom stereocenters. The molecular formula is C16H30F3N5O. The lowest BCUT2D eigenvalue weighted by atomic mass is 9.98. The summed E-state index contributed by atoms with van der Waals surface area (Å²) in [7, 11) is 2.69. The fraction of sp³-hybridized carbons (Fsp3) is 0.875. The molecule has 1 rings (SSSR count). The Hall–Kier alpha value is -1.51. The zero-order valence-corrected chi connectivity index (χ0v) is 15.5. The number of carbonyl (C=O) groups is 1. The minimum Gasteiger partial charge on any atom is -0.355 e. The quantitative estimate of drug-likeness (QED) is 0.552. The monoisotopic (exact) mass is 365 g/mol. The second-order valence-corrected chi connectivity index (χ2v) is 7.00. The molecular weight excluding hydrogens is 335 g/mol. The SMILES string of the molecule is CN=C(NCC(=O)N(C)CC(F)(F)F)NCC(C)(C)N1CCCCC1. The Kier molecular flexibility index (Phi) is 7.98. The van der Waals surface area contributed by atoms with E-state index in [0.29, 0.717) is 17.4 Å². The minimum atomic E-state index is -4.40. The topological polar surface area (TPSA) is 60.0 Å². The number of hydrogen-bond acceptors (Lipinski definition) is 3. The number of guanidine groups is 1. The molecule has 0 atom stereocenters. The zero-order chi connectivity index (χ0) is 19.1. The van der Waals surface area contributed by atoms with E-state index in [1.807, 2.05) is 0 Å². The third kappa shape index (κ3) is 7.94. The third-order valence-electron chi connectivity index (χ3n) is 4.37. The van der Waals surface area contributed by atoms with Crippen molar-refractivity contribution in [1.29, 1.82) is 0 Å². The number of likely N-dealkylation sites (tertiary alicyclic amines) is 1. The first kappa shape index (κ1) is 21.5. The summed E-state index contributed by atoms with van der Waals surface area (Å²) in [6.45, 7) is 5.52. The van der Waals surface area contributed by atoms with Gasteiger partial charge in [-0.05, 0) is 39.8 Å². The average molecular weight is 365 g/mol. The summed E-state index contributed by atoms with van der Waals surface area (Å²) in [5.74, 6) is -0.241. The zero-order valence-electron chi connectivity index (χ0n) is 15.5. The standard InChI is InChI=1S/C16H30F3N5O/c1-15(2,24-8-6-5-7-9-24)11-22-14(20-3)21-10-13(25)23(4)12-16(17,18)19/h5-12H2,1-4H3,(H2,20,21,22). The summed E-state index contributed by atoms with van der Waals surface area (Å²) < 4.78 is 36.9. The highest BCUT2D eigenvalue weighted by atomic mass is 19.4. The smallest absolute Gasteiger partial charge is 0.355 e. The summed E-state index contributed by atoms with van der Waals surface area (Å²) in [6.07, 6.45) is -0.757. The molecule has 0 spiro atoms. The highest BCUT2D eigenvalue weighted by Crippen LogP contribution is 2.19. The number of halogens is 3. The first-order valence-electron chi connectivity index (χ1n) is 8.55. The van der Waals surface area contributed by atoms with E-state index in [2.05, 4.69) is 34.4 Å². The van der Waals surface area contributed by atoms with Gasteiger partial charge in [0, 0.05) is 26.2 Å². The Morgan fingerprint density at radius 1 is 1.16 bits per heavy atom. The molecule has 0 bridgehead atoms. The van der Waals surface area contributed by atoms with Crippen LogP contribution in [0.3, 0.4) is 0 Å². The molecule has 6 nitrogen and oxygen atoms in total. The molecule has 9 heteroatoms. The van der Waals surface area contributed by atoms with E-state index in [9.17, 15) is 18.0 Å². The summed E-state index contributed by atoms with van der Waals surface area (Å²) >= 11 is 0. The number of likely N-dealkylation sites (N-methyl/N-ethyl adjacent to an activating group) is 1. The lowest BCUT2D eigenvalue weighted by Crippen LogP contribution is -2.55. The Labute approximate surface area is 147 Å². The second-order valence-electron chi connectivity index (χ2n) is 7.00. The molecule has 146 valence electrons. The van der Waals surface area contributed by atoms with Gasteiger partial charge in [-0.15, -0.1) is 0 Å². The predicted molar refractivity (Wildman–Crippen MR) is 92.6 cm³/mol. The Morgan fingerprint density at radius 3 is 2.28 bits per heavy atom. The summed E-state index contributed by atoms with van der Waals surface area (Å²) in [5, 5.41) is 5.93. The van der Waals surface area contributed by atoms with Crippen LogP contribution in [0.2, 0.25) is 0 Å². The molecule has 0 aromatic rings. The van der Waals surface area contributed by atoms with Crippen molar-refractivity contribution >= 4 is 11.9 Å². The molecule has 25 heavy (non-hydrogen) atoms. The third-order valence-corrected chi connectivity index (χ3v) is 4.37. The molecule has 0 radical (unpaired) electrons. The number of rotatable bonds is 6. The Morgan fingerprint density at radius 2 is 1.76 bits per heavy atom. The lowest BCUT2D eigenvalue weighted by Gasteiger charge is -2.41. The van der Waals surface area contributed by atoms with Gasteiger partial charge in [-0.1, -0.05) is 6.42 Å². The van der Waals surface area contributed by atoms with E-state index >= 15 is 0 Å². The van der Waals surface area contributed by atoms with E-state index < -0.39 is 18.6 Å². The van der Waals surface area contributed by atoms with Crippen LogP contribution in [-0.2, 0) is 4.79 Å². The molecule has 0 aliphatic carbocycles. The molecule has 0 aromatic carbocycles. The highest BCUT2D eigenvalue weighted by molar-refractivity contribution is 5.86. The average Bonchev–Trinajstić information content (AvgIpc) is 2.54. The summed E-state index contributed by atoms with van der Waals surface area (Å²) in [6, 6.07) is 0. The van der Waals surface area contributed by atoms with Crippen molar-refractivity contribution in [2.45, 2.75) is 44.8 Å². The van der Waals surface area contributed by atoms with E-state index in [1.165, 1.54) is 19.3 Å². The normalized spacial score (nSPS) is 17.3. The van der Waals surface area contributed by atoms with Crippen LogP contribution in [0.5, 0.6) is 0 Å². The lowest BCUT2D eigenvalue weighted by molar-refractivity contribution is -0.157. The van der Waals surface area contributed by atoms with E-state index in [4.69, 9.17) is 0 Å². The van der Waals surface area contributed by atoms with Gasteiger partial charge in [0.2, 0.25) is 5.91 Å². The molecule has 1 aliphatic heterocycles. The van der Waals surface area contributed by atoms with Crippen LogP contribution in [0.15, 0.2) is 4.99 Å². The maximum atomic E-state index is 12.3. The Balaban J connectivity index is 2.42. The van der Waals surface area contributed by atoms with Crippen LogP contribution in [0.4, 0.5) is 13.2 Å². The number of aliphatic imine (C=N–C) groups is 1. The summed E-state index contributed by atoms with van der Waals surface area (Å²) in [4.78, 5) is 18.9. The van der Waals surface area contributed by atoms with Crippen molar-refractivity contribution in [1.82, 2.24) is 20.4 Å². The molecule has 1 amide bonds. The van der Waals surface area contributed by atoms with Crippen LogP contribution in [-0.4, -0.2) is 80.2 Å². The minimum absolute atomic E-state index is 0.0743. The van der Waals surface area contributed by atoms with E-state index in [1.54, 1.807) is 7.05 Å². The molecule has 0 aromatic heterocycles. The van der Waals surface area contributed by atoms with Gasteiger partial charge in [-0.25, -0.2) is 0 Å². The van der Waals surface area contributed by atoms with Gasteiger partial charge < -0.3 is 15.5 Å². The van der Waals surface area contributed by atoms with Gasteiger partial charge in [0.1, 0.15) is 6.54 Å². The number of amides is 1. The maximum Gasteiger partial charge on any atom is 0.406 e. The molecule has 0 saturated carbocycles. The largest absolute Gasteiger partial charge is 0.406 e. The first-order chi connectivity index (χ1) is 11.5. The van der Waals surface area contributed by atoms with Gasteiger partial charge in [-0.3, -0.25) is 14.7 Å². The molecule has 1 fully saturated rings. The van der Waals surface area contributed by atoms with E-state index in [0.717, 1.165) is 20.1 Å². The number of carbonyl (C=O) groups excluding carboxylic acids is 1. The molecule has 1 saturated heterocycles. The van der Waals surface area contributed by atoms with Crippen LogP contribution in [0.25, 0.3) is 0 Å². The summed E-state index contributed by atoms with van der Waals surface area (Å²) in [5.41, 5.74) is -0.0743. The van der Waals surface area contributed by atoms with Crippen molar-refractivity contribution < 1.29 is 18.0 Å².